The molecule has 1 aromatic carbocycles. The molecule has 17 heavy (non-hydrogen) atoms. The molecule has 0 aliphatic rings. The van der Waals surface area contributed by atoms with Crippen molar-refractivity contribution in [1.82, 2.24) is 0 Å². The number of rotatable bonds is 6. The summed E-state index contributed by atoms with van der Waals surface area (Å²) in [6.45, 7) is 9.28. The van der Waals surface area contributed by atoms with Gasteiger partial charge in [0.15, 0.2) is 0 Å². The first-order valence-electron chi connectivity index (χ1n) is 6.57. The molecule has 0 aromatic heterocycles. The van der Waals surface area contributed by atoms with E-state index in [1.807, 2.05) is 6.92 Å². The highest BCUT2D eigenvalue weighted by molar-refractivity contribution is 5.38. The molecule has 0 aliphatic heterocycles. The van der Waals surface area contributed by atoms with Gasteiger partial charge in [0.2, 0.25) is 0 Å². The molecule has 0 saturated heterocycles. The summed E-state index contributed by atoms with van der Waals surface area (Å²) in [6, 6.07) is 6.26. The van der Waals surface area contributed by atoms with Crippen LogP contribution in [0.4, 0.5) is 0 Å². The van der Waals surface area contributed by atoms with E-state index in [0.717, 1.165) is 30.8 Å². The van der Waals surface area contributed by atoms with Gasteiger partial charge in [-0.25, -0.2) is 0 Å². The average Bonchev–Trinajstić information content (AvgIpc) is 2.30. The largest absolute Gasteiger partial charge is 0.493 e. The van der Waals surface area contributed by atoms with E-state index in [1.54, 1.807) is 0 Å². The van der Waals surface area contributed by atoms with Gasteiger partial charge in [-0.2, -0.15) is 0 Å². The number of ether oxygens (including phenoxy) is 1. The van der Waals surface area contributed by atoms with Crippen LogP contribution in [-0.2, 0) is 0 Å². The van der Waals surface area contributed by atoms with Crippen molar-refractivity contribution in [3.05, 3.63) is 29.3 Å². The van der Waals surface area contributed by atoms with Gasteiger partial charge in [-0.05, 0) is 31.4 Å². The van der Waals surface area contributed by atoms with E-state index < -0.39 is 0 Å². The number of nitrogens with two attached hydrogens (primary N) is 1. The lowest BCUT2D eigenvalue weighted by atomic mass is 10.0. The molecule has 0 heterocycles. The fraction of sp³-hybridized carbons (Fsp3) is 0.600. The monoisotopic (exact) mass is 235 g/mol. The third-order valence-corrected chi connectivity index (χ3v) is 3.29. The second kappa shape index (κ2) is 6.65. The third kappa shape index (κ3) is 4.04. The minimum atomic E-state index is 0.0207. The summed E-state index contributed by atoms with van der Waals surface area (Å²) in [7, 11) is 0. The quantitative estimate of drug-likeness (QED) is 0.813. The predicted molar refractivity (Wildman–Crippen MR) is 73.3 cm³/mol. The fourth-order valence-electron chi connectivity index (χ4n) is 1.87. The molecular weight excluding hydrogens is 210 g/mol. The maximum absolute atomic E-state index is 5.96. The van der Waals surface area contributed by atoms with Gasteiger partial charge in [0.1, 0.15) is 5.75 Å². The van der Waals surface area contributed by atoms with E-state index in [9.17, 15) is 0 Å². The van der Waals surface area contributed by atoms with Crippen molar-refractivity contribution in [2.75, 3.05) is 6.61 Å². The van der Waals surface area contributed by atoms with Crippen molar-refractivity contribution in [2.45, 2.75) is 46.6 Å². The van der Waals surface area contributed by atoms with Gasteiger partial charge in [0.05, 0.1) is 6.61 Å². The second-order valence-corrected chi connectivity index (χ2v) is 4.82. The van der Waals surface area contributed by atoms with Gasteiger partial charge in [-0.1, -0.05) is 38.8 Å². The molecule has 0 saturated carbocycles. The molecule has 2 heteroatoms. The van der Waals surface area contributed by atoms with Crippen molar-refractivity contribution in [2.24, 2.45) is 11.7 Å². The summed E-state index contributed by atoms with van der Waals surface area (Å²) in [5.74, 6) is 1.59. The number of aryl methyl sites for hydroxylation is 1. The Morgan fingerprint density at radius 3 is 2.41 bits per heavy atom. The topological polar surface area (TPSA) is 35.2 Å². The van der Waals surface area contributed by atoms with Crippen LogP contribution in [0, 0.1) is 12.8 Å². The Hall–Kier alpha value is -1.02. The lowest BCUT2D eigenvalue weighted by molar-refractivity contribution is 0.238. The molecule has 0 amide bonds. The second-order valence-electron chi connectivity index (χ2n) is 4.82. The van der Waals surface area contributed by atoms with Crippen molar-refractivity contribution in [3.63, 3.8) is 0 Å². The smallest absolute Gasteiger partial charge is 0.124 e. The van der Waals surface area contributed by atoms with Crippen LogP contribution in [0.15, 0.2) is 18.2 Å². The van der Waals surface area contributed by atoms with Crippen molar-refractivity contribution in [3.8, 4) is 5.75 Å². The minimum absolute atomic E-state index is 0.0207. The van der Waals surface area contributed by atoms with E-state index in [1.165, 1.54) is 5.56 Å². The standard InChI is InChI=1S/C15H25NO/c1-5-13(6-2)10-17-15-9-11(3)7-8-14(15)12(4)16/h7-9,12-13H,5-6,10,16H2,1-4H3/t12-/m0/s1. The van der Waals surface area contributed by atoms with E-state index in [2.05, 4.69) is 39.0 Å². The van der Waals surface area contributed by atoms with Crippen LogP contribution in [0.2, 0.25) is 0 Å². The summed E-state index contributed by atoms with van der Waals surface area (Å²) < 4.78 is 5.94. The Balaban J connectivity index is 2.78. The Morgan fingerprint density at radius 2 is 1.88 bits per heavy atom. The summed E-state index contributed by atoms with van der Waals surface area (Å²) >= 11 is 0. The maximum atomic E-state index is 5.96. The summed E-state index contributed by atoms with van der Waals surface area (Å²) in [5, 5.41) is 0. The number of hydrogen-bond donors (Lipinski definition) is 1. The van der Waals surface area contributed by atoms with Crippen LogP contribution in [-0.4, -0.2) is 6.61 Å². The van der Waals surface area contributed by atoms with Crippen LogP contribution in [0.25, 0.3) is 0 Å². The molecule has 0 fully saturated rings. The molecule has 2 nitrogen and oxygen atoms in total. The van der Waals surface area contributed by atoms with Gasteiger partial charge in [-0.15, -0.1) is 0 Å². The lowest BCUT2D eigenvalue weighted by Gasteiger charge is -2.18. The van der Waals surface area contributed by atoms with Gasteiger partial charge in [-0.3, -0.25) is 0 Å². The van der Waals surface area contributed by atoms with Gasteiger partial charge < -0.3 is 10.5 Å². The molecule has 1 aromatic rings. The zero-order valence-corrected chi connectivity index (χ0v) is 11.5. The maximum Gasteiger partial charge on any atom is 0.124 e. The molecule has 1 atom stereocenters. The Labute approximate surface area is 105 Å². The number of benzene rings is 1. The van der Waals surface area contributed by atoms with Gasteiger partial charge in [0.25, 0.3) is 0 Å². The minimum Gasteiger partial charge on any atom is -0.493 e. The highest BCUT2D eigenvalue weighted by Crippen LogP contribution is 2.26. The third-order valence-electron chi connectivity index (χ3n) is 3.29. The van der Waals surface area contributed by atoms with Crippen molar-refractivity contribution >= 4 is 0 Å². The van der Waals surface area contributed by atoms with Crippen LogP contribution in [0.3, 0.4) is 0 Å². The lowest BCUT2D eigenvalue weighted by Crippen LogP contribution is -2.13. The zero-order chi connectivity index (χ0) is 12.8. The van der Waals surface area contributed by atoms with Gasteiger partial charge in [0, 0.05) is 11.6 Å². The average molecular weight is 235 g/mol. The fourth-order valence-corrected chi connectivity index (χ4v) is 1.87. The Morgan fingerprint density at radius 1 is 1.24 bits per heavy atom. The molecule has 0 bridgehead atoms. The normalized spacial score (nSPS) is 12.8. The van der Waals surface area contributed by atoms with Crippen LogP contribution < -0.4 is 10.5 Å². The first kappa shape index (κ1) is 14.0. The SMILES string of the molecule is CCC(CC)COc1cc(C)ccc1[C@H](C)N. The highest BCUT2D eigenvalue weighted by Gasteiger charge is 2.10. The Bertz CT molecular complexity index is 343. The van der Waals surface area contributed by atoms with Crippen LogP contribution in [0.1, 0.15) is 50.8 Å². The molecule has 0 aliphatic carbocycles. The molecule has 1 rings (SSSR count). The summed E-state index contributed by atoms with van der Waals surface area (Å²) in [5.41, 5.74) is 8.27. The molecule has 96 valence electrons. The molecule has 0 radical (unpaired) electrons. The van der Waals surface area contributed by atoms with E-state index in [-0.39, 0.29) is 6.04 Å². The van der Waals surface area contributed by atoms with E-state index >= 15 is 0 Å². The van der Waals surface area contributed by atoms with Gasteiger partial charge >= 0.3 is 0 Å². The highest BCUT2D eigenvalue weighted by atomic mass is 16.5. The zero-order valence-electron chi connectivity index (χ0n) is 11.5. The van der Waals surface area contributed by atoms with Crippen LogP contribution in [0.5, 0.6) is 5.75 Å². The molecular formula is C15H25NO. The predicted octanol–water partition coefficient (Wildman–Crippen LogP) is 3.83. The molecule has 0 spiro atoms. The summed E-state index contributed by atoms with van der Waals surface area (Å²) in [4.78, 5) is 0. The number of hydrogen-bond acceptors (Lipinski definition) is 2. The van der Waals surface area contributed by atoms with Crippen molar-refractivity contribution < 1.29 is 4.74 Å². The van der Waals surface area contributed by atoms with E-state index in [4.69, 9.17) is 10.5 Å². The Kier molecular flexibility index (Phi) is 5.49. The van der Waals surface area contributed by atoms with E-state index in [0.29, 0.717) is 5.92 Å². The first-order valence-corrected chi connectivity index (χ1v) is 6.57. The summed E-state index contributed by atoms with van der Waals surface area (Å²) in [6.07, 6.45) is 2.33. The molecule has 2 N–H and O–H groups in total. The van der Waals surface area contributed by atoms with Crippen LogP contribution >= 0.6 is 0 Å². The first-order chi connectivity index (χ1) is 8.08. The molecule has 0 unspecified atom stereocenters. The van der Waals surface area contributed by atoms with Crippen molar-refractivity contribution in [1.29, 1.82) is 0 Å².